The number of hydrogen-bond acceptors (Lipinski definition) is 5. The fraction of sp³-hybridized carbons (Fsp3) is 0. The largest absolute Gasteiger partial charge is 0.323 e. The fourth-order valence-corrected chi connectivity index (χ4v) is 1.84. The highest BCUT2D eigenvalue weighted by molar-refractivity contribution is 5.65. The highest BCUT2D eigenvalue weighted by Crippen LogP contribution is 2.23. The predicted molar refractivity (Wildman–Crippen MR) is 72.8 cm³/mol. The lowest BCUT2D eigenvalue weighted by Crippen LogP contribution is -2.07. The van der Waals surface area contributed by atoms with E-state index in [9.17, 15) is 4.39 Å². The van der Waals surface area contributed by atoms with Crippen molar-refractivity contribution in [3.8, 4) is 22.5 Å². The van der Waals surface area contributed by atoms with E-state index >= 15 is 0 Å². The number of nitrogens with zero attached hydrogens (tertiary/aromatic N) is 3. The first-order valence-corrected chi connectivity index (χ1v) is 5.86. The Bertz CT molecular complexity index is 722. The van der Waals surface area contributed by atoms with Gasteiger partial charge in [-0.3, -0.25) is 15.4 Å². The summed E-state index contributed by atoms with van der Waals surface area (Å²) in [6, 6.07) is 5.16. The number of nitrogen functional groups attached to an aromatic ring is 1. The van der Waals surface area contributed by atoms with Crippen LogP contribution in [0, 0.1) is 5.82 Å². The predicted octanol–water partition coefficient (Wildman–Crippen LogP) is 1.96. The van der Waals surface area contributed by atoms with Crippen LogP contribution in [0.2, 0.25) is 0 Å². The van der Waals surface area contributed by atoms with Crippen molar-refractivity contribution in [2.45, 2.75) is 0 Å². The lowest BCUT2D eigenvalue weighted by atomic mass is 10.1. The van der Waals surface area contributed by atoms with Gasteiger partial charge in [0.25, 0.3) is 0 Å². The van der Waals surface area contributed by atoms with E-state index in [-0.39, 0.29) is 0 Å². The number of nitrogens with one attached hydrogen (secondary N) is 2. The highest BCUT2D eigenvalue weighted by atomic mass is 19.1. The van der Waals surface area contributed by atoms with Gasteiger partial charge in [0.2, 0.25) is 5.95 Å². The minimum Gasteiger partial charge on any atom is -0.323 e. The summed E-state index contributed by atoms with van der Waals surface area (Å²) in [5.74, 6) is 5.31. The van der Waals surface area contributed by atoms with Gasteiger partial charge in [-0.25, -0.2) is 15.2 Å². The number of H-pyrrole nitrogens is 1. The van der Waals surface area contributed by atoms with E-state index in [1.807, 2.05) is 6.07 Å². The Hall–Kier alpha value is -2.80. The Morgan fingerprint density at radius 1 is 1.10 bits per heavy atom. The average Bonchev–Trinajstić information content (AvgIpc) is 2.97. The van der Waals surface area contributed by atoms with Gasteiger partial charge in [-0.05, 0) is 18.2 Å². The molecule has 0 amide bonds. The van der Waals surface area contributed by atoms with E-state index < -0.39 is 5.82 Å². The molecule has 6 nitrogen and oxygen atoms in total. The monoisotopic (exact) mass is 270 g/mol. The van der Waals surface area contributed by atoms with E-state index in [4.69, 9.17) is 5.84 Å². The van der Waals surface area contributed by atoms with Gasteiger partial charge in [0.1, 0.15) is 0 Å². The van der Waals surface area contributed by atoms with E-state index in [1.165, 1.54) is 12.4 Å². The second-order valence-corrected chi connectivity index (χ2v) is 4.08. The van der Waals surface area contributed by atoms with Crippen molar-refractivity contribution in [3.05, 3.63) is 48.8 Å². The molecule has 0 saturated heterocycles. The minimum absolute atomic E-state index is 0.399. The van der Waals surface area contributed by atoms with Gasteiger partial charge in [0, 0.05) is 23.5 Å². The Labute approximate surface area is 113 Å². The normalized spacial score (nSPS) is 10.5. The number of imidazole rings is 1. The summed E-state index contributed by atoms with van der Waals surface area (Å²) in [6.07, 6.45) is 5.98. The number of halogens is 1. The highest BCUT2D eigenvalue weighted by Gasteiger charge is 2.07. The number of nitrogens with two attached hydrogens (primary N) is 1. The molecule has 0 aromatic carbocycles. The van der Waals surface area contributed by atoms with Crippen LogP contribution in [0.15, 0.2) is 43.0 Å². The minimum atomic E-state index is -0.399. The zero-order valence-electron chi connectivity index (χ0n) is 10.3. The van der Waals surface area contributed by atoms with E-state index in [2.05, 4.69) is 25.4 Å². The zero-order valence-corrected chi connectivity index (χ0v) is 10.3. The molecule has 3 aromatic heterocycles. The van der Waals surface area contributed by atoms with Crippen molar-refractivity contribution in [1.82, 2.24) is 19.9 Å². The summed E-state index contributed by atoms with van der Waals surface area (Å²) in [4.78, 5) is 15.0. The lowest BCUT2D eigenvalue weighted by molar-refractivity contribution is 0.624. The summed E-state index contributed by atoms with van der Waals surface area (Å²) in [5, 5.41) is 0. The Morgan fingerprint density at radius 3 is 2.65 bits per heavy atom. The SMILES string of the molecule is NNc1ncc(-c2ccc(-c3ccncc3F)nc2)[nH]1. The second-order valence-electron chi connectivity index (χ2n) is 4.08. The first-order valence-electron chi connectivity index (χ1n) is 5.86. The smallest absolute Gasteiger partial charge is 0.215 e. The molecule has 0 bridgehead atoms. The molecule has 3 aromatic rings. The van der Waals surface area contributed by atoms with Crippen LogP contribution in [-0.2, 0) is 0 Å². The molecule has 0 aliphatic heterocycles. The molecule has 0 radical (unpaired) electrons. The number of rotatable bonds is 3. The van der Waals surface area contributed by atoms with E-state index in [1.54, 1.807) is 24.5 Å². The summed E-state index contributed by atoms with van der Waals surface area (Å²) in [7, 11) is 0. The maximum absolute atomic E-state index is 13.6. The number of aromatic nitrogens is 4. The van der Waals surface area contributed by atoms with Crippen LogP contribution in [0.5, 0.6) is 0 Å². The van der Waals surface area contributed by atoms with Crippen LogP contribution in [0.25, 0.3) is 22.5 Å². The molecule has 0 fully saturated rings. The molecule has 0 aliphatic carbocycles. The topological polar surface area (TPSA) is 92.5 Å². The Kier molecular flexibility index (Phi) is 3.10. The molecule has 3 heterocycles. The molecule has 0 aliphatic rings. The van der Waals surface area contributed by atoms with Crippen molar-refractivity contribution in [2.24, 2.45) is 5.84 Å². The molecule has 4 N–H and O–H groups in total. The maximum Gasteiger partial charge on any atom is 0.215 e. The van der Waals surface area contributed by atoms with Crippen LogP contribution in [0.4, 0.5) is 10.3 Å². The number of hydrogen-bond donors (Lipinski definition) is 3. The second kappa shape index (κ2) is 5.06. The van der Waals surface area contributed by atoms with Crippen molar-refractivity contribution in [3.63, 3.8) is 0 Å². The molecule has 0 unspecified atom stereocenters. The van der Waals surface area contributed by atoms with Gasteiger partial charge >= 0.3 is 0 Å². The van der Waals surface area contributed by atoms with Crippen molar-refractivity contribution in [2.75, 3.05) is 5.43 Å². The third-order valence-electron chi connectivity index (χ3n) is 2.84. The molecule has 0 saturated carbocycles. The third-order valence-corrected chi connectivity index (χ3v) is 2.84. The third kappa shape index (κ3) is 2.21. The van der Waals surface area contributed by atoms with Crippen molar-refractivity contribution < 1.29 is 4.39 Å². The first kappa shape index (κ1) is 12.2. The number of anilines is 1. The number of hydrazine groups is 1. The van der Waals surface area contributed by atoms with E-state index in [0.717, 1.165) is 11.3 Å². The summed E-state index contributed by atoms with van der Waals surface area (Å²) in [6.45, 7) is 0. The molecule has 20 heavy (non-hydrogen) atoms. The van der Waals surface area contributed by atoms with Crippen LogP contribution < -0.4 is 11.3 Å². The molecule has 7 heteroatoms. The van der Waals surface area contributed by atoms with Crippen LogP contribution in [0.3, 0.4) is 0 Å². The molecular weight excluding hydrogens is 259 g/mol. The van der Waals surface area contributed by atoms with Crippen LogP contribution in [-0.4, -0.2) is 19.9 Å². The van der Waals surface area contributed by atoms with E-state index in [0.29, 0.717) is 17.2 Å². The Morgan fingerprint density at radius 2 is 2.00 bits per heavy atom. The maximum atomic E-state index is 13.6. The summed E-state index contributed by atoms with van der Waals surface area (Å²) in [5.41, 5.74) is 4.98. The average molecular weight is 270 g/mol. The number of aromatic amines is 1. The number of pyridine rings is 2. The quantitative estimate of drug-likeness (QED) is 0.499. The fourth-order valence-electron chi connectivity index (χ4n) is 1.84. The van der Waals surface area contributed by atoms with Gasteiger partial charge in [-0.1, -0.05) is 0 Å². The lowest BCUT2D eigenvalue weighted by Gasteiger charge is -2.03. The zero-order chi connectivity index (χ0) is 13.9. The summed E-state index contributed by atoms with van der Waals surface area (Å²) >= 11 is 0. The van der Waals surface area contributed by atoms with Gasteiger partial charge in [-0.15, -0.1) is 0 Å². The van der Waals surface area contributed by atoms with Crippen molar-refractivity contribution >= 4 is 5.95 Å². The molecule has 3 rings (SSSR count). The van der Waals surface area contributed by atoms with Gasteiger partial charge in [0.15, 0.2) is 5.82 Å². The first-order chi connectivity index (χ1) is 9.78. The van der Waals surface area contributed by atoms with Gasteiger partial charge in [-0.2, -0.15) is 0 Å². The van der Waals surface area contributed by atoms with Crippen LogP contribution >= 0.6 is 0 Å². The van der Waals surface area contributed by atoms with Gasteiger partial charge in [0.05, 0.1) is 23.8 Å². The van der Waals surface area contributed by atoms with Crippen LogP contribution in [0.1, 0.15) is 0 Å². The molecule has 0 spiro atoms. The van der Waals surface area contributed by atoms with Gasteiger partial charge < -0.3 is 4.98 Å². The molecule has 100 valence electrons. The van der Waals surface area contributed by atoms with Crippen molar-refractivity contribution in [1.29, 1.82) is 0 Å². The Balaban J connectivity index is 1.93. The summed E-state index contributed by atoms with van der Waals surface area (Å²) < 4.78 is 13.6. The molecule has 0 atom stereocenters. The molecular formula is C13H11FN6. The standard InChI is InChI=1S/C13H11FN6/c14-10-6-16-4-3-9(10)11-2-1-8(5-17-11)12-7-18-13(19-12)20-15/h1-7H,15H2,(H2,18,19,20).